The number of piperidine rings is 1. The summed E-state index contributed by atoms with van der Waals surface area (Å²) in [5, 5.41) is 0. The molecule has 2 aliphatic heterocycles. The van der Waals surface area contributed by atoms with Gasteiger partial charge in [-0.1, -0.05) is 12.8 Å². The summed E-state index contributed by atoms with van der Waals surface area (Å²) in [6.45, 7) is 5.90. The average Bonchev–Trinajstić information content (AvgIpc) is 3.44. The maximum Gasteiger partial charge on any atom is 0.127 e. The number of ether oxygens (including phenoxy) is 2. The summed E-state index contributed by atoms with van der Waals surface area (Å²) >= 11 is 0. The SMILES string of the molecule is COc1ccc(F)c(CN(CC2CCN(C3CCCC3)CC2)C[C@@H]2CCCO2)c1. The molecule has 0 aromatic heterocycles. The van der Waals surface area contributed by atoms with Crippen LogP contribution in [0.5, 0.6) is 5.75 Å². The van der Waals surface area contributed by atoms with E-state index in [4.69, 9.17) is 9.47 Å². The van der Waals surface area contributed by atoms with E-state index in [0.29, 0.717) is 18.6 Å². The summed E-state index contributed by atoms with van der Waals surface area (Å²) in [6.07, 6.45) is 10.7. The van der Waals surface area contributed by atoms with Crippen LogP contribution < -0.4 is 4.74 Å². The number of halogens is 1. The van der Waals surface area contributed by atoms with Crippen molar-refractivity contribution in [1.29, 1.82) is 0 Å². The Bertz CT molecular complexity index is 636. The average molecular weight is 405 g/mol. The fourth-order valence-corrected chi connectivity index (χ4v) is 5.46. The molecule has 1 atom stereocenters. The Morgan fingerprint density at radius 2 is 1.86 bits per heavy atom. The molecule has 4 nitrogen and oxygen atoms in total. The number of nitrogens with zero attached hydrogens (tertiary/aromatic N) is 2. The maximum atomic E-state index is 14.5. The summed E-state index contributed by atoms with van der Waals surface area (Å²) in [6, 6.07) is 5.91. The largest absolute Gasteiger partial charge is 0.497 e. The van der Waals surface area contributed by atoms with Crippen molar-refractivity contribution in [3.05, 3.63) is 29.6 Å². The molecule has 2 saturated heterocycles. The van der Waals surface area contributed by atoms with E-state index in [9.17, 15) is 4.39 Å². The first-order valence-corrected chi connectivity index (χ1v) is 11.6. The van der Waals surface area contributed by atoms with Gasteiger partial charge in [-0.3, -0.25) is 4.90 Å². The van der Waals surface area contributed by atoms with E-state index in [-0.39, 0.29) is 5.82 Å². The molecule has 0 radical (unpaired) electrons. The number of hydrogen-bond donors (Lipinski definition) is 0. The molecular formula is C24H37FN2O2. The summed E-state index contributed by atoms with van der Waals surface area (Å²) in [4.78, 5) is 5.17. The molecule has 0 unspecified atom stereocenters. The fourth-order valence-electron chi connectivity index (χ4n) is 5.46. The third kappa shape index (κ3) is 5.71. The molecule has 29 heavy (non-hydrogen) atoms. The van der Waals surface area contributed by atoms with E-state index in [0.717, 1.165) is 49.9 Å². The van der Waals surface area contributed by atoms with Crippen LogP contribution in [0.1, 0.15) is 56.9 Å². The third-order valence-corrected chi connectivity index (χ3v) is 7.14. The molecule has 1 saturated carbocycles. The van der Waals surface area contributed by atoms with E-state index >= 15 is 0 Å². The Morgan fingerprint density at radius 1 is 1.07 bits per heavy atom. The second-order valence-electron chi connectivity index (χ2n) is 9.20. The molecule has 3 aliphatic rings. The maximum absolute atomic E-state index is 14.5. The minimum atomic E-state index is -0.140. The molecule has 162 valence electrons. The number of rotatable bonds is 8. The number of likely N-dealkylation sites (tertiary alicyclic amines) is 1. The smallest absolute Gasteiger partial charge is 0.127 e. The van der Waals surface area contributed by atoms with Crippen molar-refractivity contribution < 1.29 is 13.9 Å². The Kier molecular flexibility index (Phi) is 7.44. The number of hydrogen-bond acceptors (Lipinski definition) is 4. The van der Waals surface area contributed by atoms with Gasteiger partial charge in [-0.25, -0.2) is 4.39 Å². The molecular weight excluding hydrogens is 367 g/mol. The summed E-state index contributed by atoms with van der Waals surface area (Å²) in [5.74, 6) is 1.28. The van der Waals surface area contributed by atoms with E-state index in [1.165, 1.54) is 57.7 Å². The fraction of sp³-hybridized carbons (Fsp3) is 0.750. The first kappa shape index (κ1) is 21.1. The summed E-state index contributed by atoms with van der Waals surface area (Å²) < 4.78 is 25.7. The molecule has 3 fully saturated rings. The molecule has 0 spiro atoms. The van der Waals surface area contributed by atoms with Crippen molar-refractivity contribution in [1.82, 2.24) is 9.80 Å². The monoisotopic (exact) mass is 404 g/mol. The highest BCUT2D eigenvalue weighted by atomic mass is 19.1. The first-order valence-electron chi connectivity index (χ1n) is 11.6. The lowest BCUT2D eigenvalue weighted by atomic mass is 9.94. The Morgan fingerprint density at radius 3 is 2.55 bits per heavy atom. The van der Waals surface area contributed by atoms with Gasteiger partial charge in [-0.2, -0.15) is 0 Å². The highest BCUT2D eigenvalue weighted by Gasteiger charge is 2.29. The lowest BCUT2D eigenvalue weighted by Crippen LogP contribution is -2.43. The van der Waals surface area contributed by atoms with Gasteiger partial charge in [-0.15, -0.1) is 0 Å². The minimum absolute atomic E-state index is 0.140. The highest BCUT2D eigenvalue weighted by Crippen LogP contribution is 2.29. The summed E-state index contributed by atoms with van der Waals surface area (Å²) in [5.41, 5.74) is 0.728. The van der Waals surface area contributed by atoms with Crippen molar-refractivity contribution in [3.63, 3.8) is 0 Å². The van der Waals surface area contributed by atoms with Gasteiger partial charge in [0, 0.05) is 37.8 Å². The third-order valence-electron chi connectivity index (χ3n) is 7.14. The van der Waals surface area contributed by atoms with Crippen LogP contribution in [0.15, 0.2) is 18.2 Å². The van der Waals surface area contributed by atoms with Crippen molar-refractivity contribution in [3.8, 4) is 5.75 Å². The molecule has 1 aromatic carbocycles. The van der Waals surface area contributed by atoms with Gasteiger partial charge in [0.15, 0.2) is 0 Å². The van der Waals surface area contributed by atoms with Crippen LogP contribution in [-0.4, -0.2) is 61.8 Å². The zero-order valence-electron chi connectivity index (χ0n) is 18.0. The molecule has 1 aliphatic carbocycles. The van der Waals surface area contributed by atoms with Crippen LogP contribution in [-0.2, 0) is 11.3 Å². The van der Waals surface area contributed by atoms with Gasteiger partial charge in [0.1, 0.15) is 11.6 Å². The topological polar surface area (TPSA) is 24.9 Å². The van der Waals surface area contributed by atoms with Crippen LogP contribution >= 0.6 is 0 Å². The summed E-state index contributed by atoms with van der Waals surface area (Å²) in [7, 11) is 1.64. The van der Waals surface area contributed by atoms with Gasteiger partial charge >= 0.3 is 0 Å². The van der Waals surface area contributed by atoms with E-state index < -0.39 is 0 Å². The zero-order chi connectivity index (χ0) is 20.1. The van der Waals surface area contributed by atoms with Crippen molar-refractivity contribution in [2.45, 2.75) is 70.1 Å². The van der Waals surface area contributed by atoms with Crippen LogP contribution in [0.4, 0.5) is 4.39 Å². The van der Waals surface area contributed by atoms with Crippen LogP contribution in [0.3, 0.4) is 0 Å². The predicted molar refractivity (Wildman–Crippen MR) is 114 cm³/mol. The van der Waals surface area contributed by atoms with Gasteiger partial charge < -0.3 is 14.4 Å². The van der Waals surface area contributed by atoms with Gasteiger partial charge in [0.25, 0.3) is 0 Å². The normalized spacial score (nSPS) is 24.6. The highest BCUT2D eigenvalue weighted by molar-refractivity contribution is 5.29. The molecule has 5 heteroatoms. The lowest BCUT2D eigenvalue weighted by Gasteiger charge is -2.38. The van der Waals surface area contributed by atoms with E-state index in [2.05, 4.69) is 9.80 Å². The second kappa shape index (κ2) is 10.2. The van der Waals surface area contributed by atoms with Crippen LogP contribution in [0, 0.1) is 11.7 Å². The van der Waals surface area contributed by atoms with Crippen LogP contribution in [0.2, 0.25) is 0 Å². The lowest BCUT2D eigenvalue weighted by molar-refractivity contribution is 0.0536. The molecule has 0 amide bonds. The van der Waals surface area contributed by atoms with Gasteiger partial charge in [0.05, 0.1) is 13.2 Å². The number of methoxy groups -OCH3 is 1. The first-order chi connectivity index (χ1) is 14.2. The van der Waals surface area contributed by atoms with E-state index in [1.807, 2.05) is 6.07 Å². The second-order valence-corrected chi connectivity index (χ2v) is 9.20. The van der Waals surface area contributed by atoms with Crippen molar-refractivity contribution >= 4 is 0 Å². The van der Waals surface area contributed by atoms with E-state index in [1.54, 1.807) is 13.2 Å². The molecule has 4 rings (SSSR count). The molecule has 1 aromatic rings. The minimum Gasteiger partial charge on any atom is -0.497 e. The molecule has 0 bridgehead atoms. The standard InChI is InChI=1S/C24H37FN2O2/c1-28-22-8-9-24(25)20(15-22)17-26(18-23-7-4-14-29-23)16-19-10-12-27(13-11-19)21-5-2-3-6-21/h8-9,15,19,21,23H,2-7,10-14,16-18H2,1H3/t23-/m0/s1. The van der Waals surface area contributed by atoms with Crippen LogP contribution in [0.25, 0.3) is 0 Å². The molecule has 2 heterocycles. The Hall–Kier alpha value is -1.17. The Labute approximate surface area is 175 Å². The Balaban J connectivity index is 1.36. The van der Waals surface area contributed by atoms with Gasteiger partial charge in [0.2, 0.25) is 0 Å². The number of benzene rings is 1. The predicted octanol–water partition coefficient (Wildman–Crippen LogP) is 4.47. The quantitative estimate of drug-likeness (QED) is 0.638. The molecule has 0 N–H and O–H groups in total. The van der Waals surface area contributed by atoms with Crippen molar-refractivity contribution in [2.24, 2.45) is 5.92 Å². The zero-order valence-corrected chi connectivity index (χ0v) is 18.0. The van der Waals surface area contributed by atoms with Gasteiger partial charge in [-0.05, 0) is 75.7 Å². The van der Waals surface area contributed by atoms with Crippen molar-refractivity contribution in [2.75, 3.05) is 39.9 Å².